The van der Waals surface area contributed by atoms with Gasteiger partial charge in [-0.3, -0.25) is 4.79 Å². The Labute approximate surface area is 106 Å². The molecule has 1 aromatic carbocycles. The smallest absolute Gasteiger partial charge is 0.302 e. The molecule has 2 aromatic rings. The maximum absolute atomic E-state index is 11.0. The monoisotopic (exact) mass is 245 g/mol. The van der Waals surface area contributed by atoms with E-state index in [1.165, 1.54) is 6.92 Å². The fourth-order valence-corrected chi connectivity index (χ4v) is 1.88. The van der Waals surface area contributed by atoms with Gasteiger partial charge in [0, 0.05) is 12.5 Å². The van der Waals surface area contributed by atoms with Crippen molar-refractivity contribution in [2.24, 2.45) is 7.05 Å². The van der Waals surface area contributed by atoms with E-state index in [0.717, 1.165) is 5.56 Å². The zero-order valence-corrected chi connectivity index (χ0v) is 10.6. The lowest BCUT2D eigenvalue weighted by molar-refractivity contribution is -0.671. The fourth-order valence-electron chi connectivity index (χ4n) is 1.88. The van der Waals surface area contributed by atoms with Gasteiger partial charge in [-0.05, 0) is 0 Å². The summed E-state index contributed by atoms with van der Waals surface area (Å²) in [5, 5.41) is 0. The molecule has 0 fully saturated rings. The third-order valence-electron chi connectivity index (χ3n) is 2.78. The first-order valence-electron chi connectivity index (χ1n) is 5.88. The Morgan fingerprint density at radius 1 is 1.39 bits per heavy atom. The number of imidazole rings is 1. The molecule has 0 aliphatic heterocycles. The number of benzene rings is 1. The van der Waals surface area contributed by atoms with Crippen LogP contribution in [0.1, 0.15) is 18.5 Å². The number of carbonyl (C=O) groups is 1. The van der Waals surface area contributed by atoms with Crippen LogP contribution in [0.15, 0.2) is 49.1 Å². The van der Waals surface area contributed by atoms with Crippen molar-refractivity contribution in [1.82, 2.24) is 4.57 Å². The highest BCUT2D eigenvalue weighted by Gasteiger charge is 2.19. The van der Waals surface area contributed by atoms with Crippen LogP contribution in [-0.2, 0) is 16.6 Å². The molecule has 18 heavy (non-hydrogen) atoms. The van der Waals surface area contributed by atoms with E-state index < -0.39 is 0 Å². The van der Waals surface area contributed by atoms with Gasteiger partial charge < -0.3 is 4.74 Å². The lowest BCUT2D eigenvalue weighted by atomic mass is 10.1. The molecular formula is C14H17N2O2+. The molecule has 0 spiro atoms. The average Bonchev–Trinajstić information content (AvgIpc) is 2.77. The first-order chi connectivity index (χ1) is 8.66. The minimum absolute atomic E-state index is 0.0105. The Kier molecular flexibility index (Phi) is 3.77. The highest BCUT2D eigenvalue weighted by atomic mass is 16.5. The molecular weight excluding hydrogens is 228 g/mol. The second kappa shape index (κ2) is 5.49. The summed E-state index contributed by atoms with van der Waals surface area (Å²) in [6.07, 6.45) is 5.91. The number of nitrogens with zero attached hydrogens (tertiary/aromatic N) is 2. The van der Waals surface area contributed by atoms with Crippen molar-refractivity contribution in [1.29, 1.82) is 0 Å². The van der Waals surface area contributed by atoms with Gasteiger partial charge >= 0.3 is 5.97 Å². The van der Waals surface area contributed by atoms with Crippen LogP contribution in [0.2, 0.25) is 0 Å². The first-order valence-corrected chi connectivity index (χ1v) is 5.88. The number of hydrogen-bond donors (Lipinski definition) is 0. The minimum atomic E-state index is -0.257. The predicted octanol–water partition coefficient (Wildman–Crippen LogP) is 1.47. The van der Waals surface area contributed by atoms with Crippen molar-refractivity contribution in [3.05, 3.63) is 54.6 Å². The van der Waals surface area contributed by atoms with Gasteiger partial charge in [0.2, 0.25) is 6.33 Å². The quantitative estimate of drug-likeness (QED) is 0.604. The second-order valence-corrected chi connectivity index (χ2v) is 4.26. The fraction of sp³-hybridized carbons (Fsp3) is 0.286. The van der Waals surface area contributed by atoms with Crippen LogP contribution in [0.5, 0.6) is 0 Å². The Morgan fingerprint density at radius 3 is 2.67 bits per heavy atom. The Hall–Kier alpha value is -2.10. The Balaban J connectivity index is 2.26. The standard InChI is InChI=1S/C14H17N2O2/c1-12(17)18-10-14(13-6-4-3-5-7-13)16-9-8-15(2)11-16/h3-9,11,14H,10H2,1-2H3/q+1/t14-/m1/s1. The van der Waals surface area contributed by atoms with E-state index in [1.54, 1.807) is 0 Å². The molecule has 0 amide bonds. The number of rotatable bonds is 4. The number of esters is 1. The lowest BCUT2D eigenvalue weighted by Gasteiger charge is -2.13. The van der Waals surface area contributed by atoms with Gasteiger partial charge in [-0.2, -0.15) is 0 Å². The Morgan fingerprint density at radius 2 is 2.11 bits per heavy atom. The van der Waals surface area contributed by atoms with Crippen LogP contribution in [-0.4, -0.2) is 17.1 Å². The summed E-state index contributed by atoms with van der Waals surface area (Å²) < 4.78 is 9.16. The van der Waals surface area contributed by atoms with Crippen molar-refractivity contribution < 1.29 is 14.1 Å². The molecule has 1 heterocycles. The molecule has 0 N–H and O–H groups in total. The molecule has 0 saturated carbocycles. The molecule has 0 saturated heterocycles. The second-order valence-electron chi connectivity index (χ2n) is 4.26. The van der Waals surface area contributed by atoms with Gasteiger partial charge in [0.1, 0.15) is 19.0 Å². The molecule has 1 atom stereocenters. The van der Waals surface area contributed by atoms with Crippen LogP contribution in [0.25, 0.3) is 0 Å². The SMILES string of the molecule is CC(=O)OC[C@H](c1ccccc1)n1cc[n+](C)c1. The largest absolute Gasteiger partial charge is 0.461 e. The van der Waals surface area contributed by atoms with Crippen molar-refractivity contribution in [2.45, 2.75) is 13.0 Å². The molecule has 0 radical (unpaired) electrons. The maximum atomic E-state index is 11.0. The van der Waals surface area contributed by atoms with E-state index in [9.17, 15) is 4.79 Å². The molecule has 94 valence electrons. The van der Waals surface area contributed by atoms with Crippen LogP contribution < -0.4 is 4.57 Å². The summed E-state index contributed by atoms with van der Waals surface area (Å²) in [6, 6.07) is 10.0. The van der Waals surface area contributed by atoms with Crippen LogP contribution >= 0.6 is 0 Å². The first kappa shape index (κ1) is 12.4. The number of ether oxygens (including phenoxy) is 1. The molecule has 4 heteroatoms. The summed E-state index contributed by atoms with van der Waals surface area (Å²) in [7, 11) is 1.96. The van der Waals surface area contributed by atoms with Crippen molar-refractivity contribution in [3.63, 3.8) is 0 Å². The number of aryl methyl sites for hydroxylation is 1. The van der Waals surface area contributed by atoms with E-state index in [0.29, 0.717) is 6.61 Å². The van der Waals surface area contributed by atoms with Gasteiger partial charge in [-0.1, -0.05) is 30.3 Å². The zero-order valence-electron chi connectivity index (χ0n) is 10.6. The topological polar surface area (TPSA) is 35.1 Å². The third kappa shape index (κ3) is 2.97. The van der Waals surface area contributed by atoms with E-state index in [2.05, 4.69) is 0 Å². The summed E-state index contributed by atoms with van der Waals surface area (Å²) in [4.78, 5) is 11.0. The number of aromatic nitrogens is 2. The van der Waals surface area contributed by atoms with E-state index >= 15 is 0 Å². The zero-order chi connectivity index (χ0) is 13.0. The average molecular weight is 245 g/mol. The van der Waals surface area contributed by atoms with Crippen LogP contribution in [0.3, 0.4) is 0 Å². The van der Waals surface area contributed by atoms with Crippen molar-refractivity contribution in [3.8, 4) is 0 Å². The number of carbonyl (C=O) groups excluding carboxylic acids is 1. The normalized spacial score (nSPS) is 12.1. The molecule has 4 nitrogen and oxygen atoms in total. The molecule has 0 aliphatic rings. The lowest BCUT2D eigenvalue weighted by Crippen LogP contribution is -2.25. The van der Waals surface area contributed by atoms with E-state index in [1.807, 2.05) is 65.2 Å². The third-order valence-corrected chi connectivity index (χ3v) is 2.78. The van der Waals surface area contributed by atoms with Crippen molar-refractivity contribution in [2.75, 3.05) is 6.61 Å². The molecule has 1 aromatic heterocycles. The highest BCUT2D eigenvalue weighted by molar-refractivity contribution is 5.65. The predicted molar refractivity (Wildman–Crippen MR) is 66.8 cm³/mol. The van der Waals surface area contributed by atoms with Crippen LogP contribution in [0.4, 0.5) is 0 Å². The Bertz CT molecular complexity index is 520. The molecule has 0 aliphatic carbocycles. The maximum Gasteiger partial charge on any atom is 0.302 e. The van der Waals surface area contributed by atoms with Gasteiger partial charge in [-0.25, -0.2) is 9.13 Å². The van der Waals surface area contributed by atoms with Gasteiger partial charge in [0.15, 0.2) is 6.04 Å². The van der Waals surface area contributed by atoms with Gasteiger partial charge in [-0.15, -0.1) is 0 Å². The summed E-state index contributed by atoms with van der Waals surface area (Å²) in [5.41, 5.74) is 1.12. The summed E-state index contributed by atoms with van der Waals surface area (Å²) in [5.74, 6) is -0.257. The summed E-state index contributed by atoms with van der Waals surface area (Å²) >= 11 is 0. The van der Waals surface area contributed by atoms with E-state index in [-0.39, 0.29) is 12.0 Å². The minimum Gasteiger partial charge on any atom is -0.461 e. The van der Waals surface area contributed by atoms with E-state index in [4.69, 9.17) is 4.74 Å². The highest BCUT2D eigenvalue weighted by Crippen LogP contribution is 2.17. The van der Waals surface area contributed by atoms with Crippen molar-refractivity contribution >= 4 is 5.97 Å². The number of hydrogen-bond acceptors (Lipinski definition) is 2. The van der Waals surface area contributed by atoms with Crippen LogP contribution in [0, 0.1) is 0 Å². The molecule has 0 bridgehead atoms. The molecule has 0 unspecified atom stereocenters. The van der Waals surface area contributed by atoms with Gasteiger partial charge in [0.25, 0.3) is 0 Å². The molecule has 2 rings (SSSR count). The summed E-state index contributed by atoms with van der Waals surface area (Å²) in [6.45, 7) is 1.77. The van der Waals surface area contributed by atoms with Gasteiger partial charge in [0.05, 0.1) is 7.05 Å².